The van der Waals surface area contributed by atoms with Crippen molar-refractivity contribution >= 4 is 11.8 Å². The normalized spacial score (nSPS) is 11.5. The van der Waals surface area contributed by atoms with Crippen LogP contribution in [0.1, 0.15) is 26.3 Å². The van der Waals surface area contributed by atoms with Crippen LogP contribution in [0.2, 0.25) is 0 Å². The van der Waals surface area contributed by atoms with Gasteiger partial charge in [0.2, 0.25) is 0 Å². The lowest BCUT2D eigenvalue weighted by atomic mass is 10.0. The van der Waals surface area contributed by atoms with E-state index < -0.39 is 5.60 Å². The molecule has 0 amide bonds. The van der Waals surface area contributed by atoms with Gasteiger partial charge < -0.3 is 15.6 Å². The number of esters is 1. The van der Waals surface area contributed by atoms with Crippen LogP contribution in [0.15, 0.2) is 54.6 Å². The first kappa shape index (κ1) is 22.2. The molecule has 0 spiro atoms. The number of phenols is 1. The number of nitrogens with two attached hydrogens (primary N) is 1. The van der Waals surface area contributed by atoms with Crippen LogP contribution < -0.4 is 5.73 Å². The van der Waals surface area contributed by atoms with E-state index in [0.717, 1.165) is 16.7 Å². The van der Waals surface area contributed by atoms with Crippen LogP contribution in [-0.4, -0.2) is 45.4 Å². The second-order valence-electron chi connectivity index (χ2n) is 8.50. The molecule has 3 aromatic rings. The summed E-state index contributed by atoms with van der Waals surface area (Å²) < 4.78 is 5.37. The number of phenolic OH excluding ortho intramolecular Hbond substituents is 1. The van der Waals surface area contributed by atoms with Crippen LogP contribution in [0.4, 0.5) is 5.82 Å². The molecular formula is C24H28N4O3. The summed E-state index contributed by atoms with van der Waals surface area (Å²) in [5.41, 5.74) is 9.39. The molecule has 7 heteroatoms. The smallest absolute Gasteiger partial charge is 0.320 e. The minimum atomic E-state index is -0.493. The molecule has 0 bridgehead atoms. The molecule has 0 atom stereocenters. The van der Waals surface area contributed by atoms with Crippen molar-refractivity contribution in [3.63, 3.8) is 0 Å². The zero-order valence-electron chi connectivity index (χ0n) is 18.3. The summed E-state index contributed by atoms with van der Waals surface area (Å²) in [6.07, 6.45) is 0. The highest BCUT2D eigenvalue weighted by Crippen LogP contribution is 2.32. The molecule has 3 N–H and O–H groups in total. The Hall–Kier alpha value is -3.45. The Morgan fingerprint density at radius 1 is 1.06 bits per heavy atom. The van der Waals surface area contributed by atoms with Gasteiger partial charge in [-0.05, 0) is 57.1 Å². The van der Waals surface area contributed by atoms with Crippen LogP contribution in [-0.2, 0) is 16.1 Å². The average Bonchev–Trinajstić information content (AvgIpc) is 2.68. The van der Waals surface area contributed by atoms with Crippen molar-refractivity contribution in [1.82, 2.24) is 15.1 Å². The molecule has 7 nitrogen and oxygen atoms in total. The Kier molecular flexibility index (Phi) is 6.56. The molecule has 0 aliphatic heterocycles. The fourth-order valence-corrected chi connectivity index (χ4v) is 3.21. The van der Waals surface area contributed by atoms with E-state index in [-0.39, 0.29) is 18.3 Å². The third-order valence-electron chi connectivity index (χ3n) is 4.54. The number of rotatable bonds is 6. The fraction of sp³-hybridized carbons (Fsp3) is 0.292. The molecule has 1 aromatic heterocycles. The van der Waals surface area contributed by atoms with Gasteiger partial charge in [0.15, 0.2) is 5.82 Å². The highest BCUT2D eigenvalue weighted by atomic mass is 16.6. The second-order valence-corrected chi connectivity index (χ2v) is 8.50. The third kappa shape index (κ3) is 6.02. The number of nitrogen functional groups attached to an aromatic ring is 1. The number of carbonyl (C=O) groups is 1. The van der Waals surface area contributed by atoms with Crippen molar-refractivity contribution in [2.75, 3.05) is 19.3 Å². The number of aromatic hydroxyl groups is 1. The van der Waals surface area contributed by atoms with E-state index in [1.165, 1.54) is 0 Å². The minimum absolute atomic E-state index is 0.135. The predicted octanol–water partition coefficient (Wildman–Crippen LogP) is 3.87. The lowest BCUT2D eigenvalue weighted by molar-refractivity contribution is -0.155. The van der Waals surface area contributed by atoms with Crippen molar-refractivity contribution in [3.8, 4) is 28.1 Å². The minimum Gasteiger partial charge on any atom is -0.507 e. The van der Waals surface area contributed by atoms with Crippen LogP contribution in [0.3, 0.4) is 0 Å². The van der Waals surface area contributed by atoms with Crippen molar-refractivity contribution in [1.29, 1.82) is 0 Å². The average molecular weight is 421 g/mol. The van der Waals surface area contributed by atoms with Gasteiger partial charge in [-0.3, -0.25) is 9.69 Å². The predicted molar refractivity (Wildman–Crippen MR) is 121 cm³/mol. The van der Waals surface area contributed by atoms with Crippen LogP contribution in [0, 0.1) is 0 Å². The van der Waals surface area contributed by atoms with Gasteiger partial charge in [0, 0.05) is 17.7 Å². The Bertz CT molecular complexity index is 1060. The molecule has 0 saturated carbocycles. The van der Waals surface area contributed by atoms with E-state index in [9.17, 15) is 9.90 Å². The summed E-state index contributed by atoms with van der Waals surface area (Å²) in [6.45, 7) is 6.38. The van der Waals surface area contributed by atoms with Crippen LogP contribution >= 0.6 is 0 Å². The van der Waals surface area contributed by atoms with Gasteiger partial charge in [0.25, 0.3) is 0 Å². The van der Waals surface area contributed by atoms with Crippen molar-refractivity contribution in [2.45, 2.75) is 32.9 Å². The third-order valence-corrected chi connectivity index (χ3v) is 4.54. The number of aromatic nitrogens is 2. The zero-order valence-corrected chi connectivity index (χ0v) is 18.3. The van der Waals surface area contributed by atoms with Gasteiger partial charge in [0.1, 0.15) is 11.4 Å². The van der Waals surface area contributed by atoms with E-state index in [1.54, 1.807) is 18.2 Å². The van der Waals surface area contributed by atoms with Gasteiger partial charge in [-0.2, -0.15) is 0 Å². The Morgan fingerprint density at radius 3 is 2.39 bits per heavy atom. The summed E-state index contributed by atoms with van der Waals surface area (Å²) >= 11 is 0. The number of hydrogen-bond acceptors (Lipinski definition) is 7. The number of hydrogen-bond donors (Lipinski definition) is 2. The lowest BCUT2D eigenvalue weighted by Gasteiger charge is -2.22. The molecule has 1 heterocycles. The van der Waals surface area contributed by atoms with E-state index in [1.807, 2.05) is 69.1 Å². The Morgan fingerprint density at radius 2 is 1.74 bits per heavy atom. The molecule has 0 fully saturated rings. The molecule has 0 saturated heterocycles. The first-order valence-corrected chi connectivity index (χ1v) is 10.0. The number of likely N-dealkylation sites (N-methyl/N-ethyl adjacent to an activating group) is 1. The summed E-state index contributed by atoms with van der Waals surface area (Å²) in [7, 11) is 1.88. The van der Waals surface area contributed by atoms with Gasteiger partial charge in [-0.1, -0.05) is 36.4 Å². The number of carbonyl (C=O) groups excluding carboxylic acids is 1. The standard InChI is InChI=1S/C24H28N4O3/c1-24(2,3)31-22(30)15-28(4)14-16-9-11-17(12-10-16)19-13-20(26-27-23(19)25)18-7-5-6-8-21(18)29/h5-13,29H,14-15H2,1-4H3,(H2,25,27). The molecular weight excluding hydrogens is 392 g/mol. The summed E-state index contributed by atoms with van der Waals surface area (Å²) in [4.78, 5) is 13.9. The summed E-state index contributed by atoms with van der Waals surface area (Å²) in [6, 6.07) is 16.7. The number of para-hydroxylation sites is 1. The van der Waals surface area contributed by atoms with Gasteiger partial charge in [-0.15, -0.1) is 10.2 Å². The lowest BCUT2D eigenvalue weighted by Crippen LogP contribution is -2.32. The quantitative estimate of drug-likeness (QED) is 0.584. The largest absolute Gasteiger partial charge is 0.507 e. The SMILES string of the molecule is CN(CC(=O)OC(C)(C)C)Cc1ccc(-c2cc(-c3ccccc3O)nnc2N)cc1. The molecule has 0 radical (unpaired) electrons. The maximum atomic E-state index is 12.0. The molecule has 2 aromatic carbocycles. The number of anilines is 1. The monoisotopic (exact) mass is 420 g/mol. The van der Waals surface area contributed by atoms with Gasteiger partial charge >= 0.3 is 5.97 Å². The van der Waals surface area contributed by atoms with E-state index in [0.29, 0.717) is 23.6 Å². The second kappa shape index (κ2) is 9.14. The van der Waals surface area contributed by atoms with Crippen LogP contribution in [0.5, 0.6) is 5.75 Å². The highest BCUT2D eigenvalue weighted by molar-refractivity contribution is 5.79. The first-order chi connectivity index (χ1) is 14.6. The molecule has 0 aliphatic rings. The number of ether oxygens (including phenoxy) is 1. The van der Waals surface area contributed by atoms with E-state index in [4.69, 9.17) is 10.5 Å². The van der Waals surface area contributed by atoms with Crippen molar-refractivity contribution < 1.29 is 14.6 Å². The molecule has 3 rings (SSSR count). The van der Waals surface area contributed by atoms with Gasteiger partial charge in [-0.25, -0.2) is 0 Å². The highest BCUT2D eigenvalue weighted by Gasteiger charge is 2.18. The molecule has 162 valence electrons. The number of nitrogens with zero attached hydrogens (tertiary/aromatic N) is 3. The summed E-state index contributed by atoms with van der Waals surface area (Å²) in [5, 5.41) is 18.3. The summed E-state index contributed by atoms with van der Waals surface area (Å²) in [5.74, 6) is 0.198. The van der Waals surface area contributed by atoms with Crippen LogP contribution in [0.25, 0.3) is 22.4 Å². The topological polar surface area (TPSA) is 102 Å². The van der Waals surface area contributed by atoms with Gasteiger partial charge in [0.05, 0.1) is 12.2 Å². The van der Waals surface area contributed by atoms with Crippen molar-refractivity contribution in [3.05, 3.63) is 60.2 Å². The molecule has 31 heavy (non-hydrogen) atoms. The Balaban J connectivity index is 1.74. The Labute approximate surface area is 182 Å². The first-order valence-electron chi connectivity index (χ1n) is 10.0. The fourth-order valence-electron chi connectivity index (χ4n) is 3.21. The van der Waals surface area contributed by atoms with E-state index in [2.05, 4.69) is 10.2 Å². The maximum absolute atomic E-state index is 12.0. The molecule has 0 aliphatic carbocycles. The van der Waals surface area contributed by atoms with E-state index >= 15 is 0 Å². The number of benzene rings is 2. The van der Waals surface area contributed by atoms with Crippen molar-refractivity contribution in [2.24, 2.45) is 0 Å². The molecule has 0 unspecified atom stereocenters. The maximum Gasteiger partial charge on any atom is 0.320 e. The zero-order chi connectivity index (χ0) is 22.6.